The number of benzene rings is 1. The minimum Gasteiger partial charge on any atom is -0.349 e. The summed E-state index contributed by atoms with van der Waals surface area (Å²) >= 11 is 0. The number of aromatic amines is 1. The second-order valence-electron chi connectivity index (χ2n) is 5.58. The molecule has 3 heterocycles. The number of nitrogens with zero attached hydrogens (tertiary/aromatic N) is 5. The summed E-state index contributed by atoms with van der Waals surface area (Å²) in [6, 6.07) is 6.15. The van der Waals surface area contributed by atoms with Crippen molar-refractivity contribution in [2.75, 3.05) is 6.54 Å². The smallest absolute Gasteiger partial charge is 0.291 e. The van der Waals surface area contributed by atoms with E-state index in [-0.39, 0.29) is 17.5 Å². The molecule has 4 aromatic rings. The standard InChI is InChI=1S/C16H14FN7O/c1-9-4-6-19-16-22-14(23-24(9)16)15(25)18-7-5-13-20-11-3-2-10(17)8-12(11)21-13/h2-4,6,8H,5,7H2,1H3,(H,18,25)(H,20,21). The molecule has 9 heteroatoms. The zero-order valence-corrected chi connectivity index (χ0v) is 13.3. The summed E-state index contributed by atoms with van der Waals surface area (Å²) in [6.45, 7) is 2.21. The van der Waals surface area contributed by atoms with Crippen molar-refractivity contribution in [3.8, 4) is 0 Å². The number of carbonyl (C=O) groups excluding carboxylic acids is 1. The maximum atomic E-state index is 13.2. The highest BCUT2D eigenvalue weighted by Gasteiger charge is 2.14. The summed E-state index contributed by atoms with van der Waals surface area (Å²) in [7, 11) is 0. The van der Waals surface area contributed by atoms with Gasteiger partial charge in [0, 0.05) is 24.9 Å². The summed E-state index contributed by atoms with van der Waals surface area (Å²) in [6.07, 6.45) is 2.10. The molecular weight excluding hydrogens is 325 g/mol. The third-order valence-corrected chi connectivity index (χ3v) is 3.77. The number of amides is 1. The molecule has 1 amide bonds. The van der Waals surface area contributed by atoms with Gasteiger partial charge in [-0.1, -0.05) is 0 Å². The first-order valence-corrected chi connectivity index (χ1v) is 7.71. The second kappa shape index (κ2) is 5.93. The van der Waals surface area contributed by atoms with Gasteiger partial charge in [-0.05, 0) is 31.2 Å². The van der Waals surface area contributed by atoms with Gasteiger partial charge < -0.3 is 10.3 Å². The van der Waals surface area contributed by atoms with Crippen molar-refractivity contribution in [2.24, 2.45) is 0 Å². The van der Waals surface area contributed by atoms with Crippen LogP contribution in [0, 0.1) is 12.7 Å². The van der Waals surface area contributed by atoms with E-state index in [0.29, 0.717) is 35.6 Å². The van der Waals surface area contributed by atoms with Crippen molar-refractivity contribution in [3.05, 3.63) is 53.6 Å². The first-order chi connectivity index (χ1) is 12.1. The quantitative estimate of drug-likeness (QED) is 0.586. The number of aromatic nitrogens is 6. The normalized spacial score (nSPS) is 11.3. The maximum absolute atomic E-state index is 13.2. The van der Waals surface area contributed by atoms with E-state index < -0.39 is 0 Å². The SMILES string of the molecule is Cc1ccnc2nc(C(=O)NCCc3nc4ccc(F)cc4[nH]3)nn12. The molecular formula is C16H14FN7O. The fraction of sp³-hybridized carbons (Fsp3) is 0.188. The molecule has 3 aromatic heterocycles. The predicted octanol–water partition coefficient (Wildman–Crippen LogP) is 1.42. The monoisotopic (exact) mass is 339 g/mol. The van der Waals surface area contributed by atoms with Crippen molar-refractivity contribution < 1.29 is 9.18 Å². The number of hydrogen-bond acceptors (Lipinski definition) is 5. The van der Waals surface area contributed by atoms with Crippen LogP contribution in [0.5, 0.6) is 0 Å². The van der Waals surface area contributed by atoms with Crippen molar-refractivity contribution in [1.82, 2.24) is 34.9 Å². The number of halogens is 1. The Labute approximate surface area is 141 Å². The molecule has 0 saturated heterocycles. The molecule has 0 atom stereocenters. The average molecular weight is 339 g/mol. The second-order valence-corrected chi connectivity index (χ2v) is 5.58. The minimum atomic E-state index is -0.382. The summed E-state index contributed by atoms with van der Waals surface area (Å²) in [4.78, 5) is 27.7. The molecule has 25 heavy (non-hydrogen) atoms. The van der Waals surface area contributed by atoms with Crippen LogP contribution < -0.4 is 5.32 Å². The molecule has 0 bridgehead atoms. The molecule has 0 aliphatic carbocycles. The summed E-state index contributed by atoms with van der Waals surface area (Å²) in [5, 5.41) is 6.89. The Morgan fingerprint density at radius 1 is 1.32 bits per heavy atom. The molecule has 0 aliphatic rings. The van der Waals surface area contributed by atoms with E-state index in [1.807, 2.05) is 6.92 Å². The Bertz CT molecular complexity index is 1080. The van der Waals surface area contributed by atoms with Crippen molar-refractivity contribution in [3.63, 3.8) is 0 Å². The van der Waals surface area contributed by atoms with E-state index >= 15 is 0 Å². The molecule has 0 fully saturated rings. The number of imidazole rings is 1. The lowest BCUT2D eigenvalue weighted by Gasteiger charge is -2.00. The Hall–Kier alpha value is -3.36. The van der Waals surface area contributed by atoms with Crippen LogP contribution in [0.4, 0.5) is 4.39 Å². The first kappa shape index (κ1) is 15.2. The molecule has 2 N–H and O–H groups in total. The van der Waals surface area contributed by atoms with Gasteiger partial charge in [0.1, 0.15) is 11.6 Å². The molecule has 0 aliphatic heterocycles. The molecule has 126 valence electrons. The molecule has 0 radical (unpaired) electrons. The van der Waals surface area contributed by atoms with Gasteiger partial charge in [0.25, 0.3) is 11.7 Å². The Kier molecular flexibility index (Phi) is 3.60. The molecule has 0 unspecified atom stereocenters. The number of fused-ring (bicyclic) bond motifs is 2. The third kappa shape index (κ3) is 2.91. The van der Waals surface area contributed by atoms with E-state index in [1.165, 1.54) is 16.6 Å². The van der Waals surface area contributed by atoms with Crippen LogP contribution in [-0.2, 0) is 6.42 Å². The fourth-order valence-corrected chi connectivity index (χ4v) is 2.53. The van der Waals surface area contributed by atoms with Gasteiger partial charge in [0.2, 0.25) is 5.82 Å². The lowest BCUT2D eigenvalue weighted by Crippen LogP contribution is -2.27. The van der Waals surface area contributed by atoms with Gasteiger partial charge in [-0.3, -0.25) is 4.79 Å². The highest BCUT2D eigenvalue weighted by atomic mass is 19.1. The lowest BCUT2D eigenvalue weighted by atomic mass is 10.3. The van der Waals surface area contributed by atoms with Gasteiger partial charge in [-0.15, -0.1) is 5.10 Å². The van der Waals surface area contributed by atoms with E-state index in [2.05, 4.69) is 30.4 Å². The van der Waals surface area contributed by atoms with Gasteiger partial charge in [0.15, 0.2) is 0 Å². The summed E-state index contributed by atoms with van der Waals surface area (Å²) in [5.74, 6) is 0.407. The van der Waals surface area contributed by atoms with Crippen LogP contribution in [0.3, 0.4) is 0 Å². The van der Waals surface area contributed by atoms with Gasteiger partial charge >= 0.3 is 0 Å². The Balaban J connectivity index is 1.43. The summed E-state index contributed by atoms with van der Waals surface area (Å²) < 4.78 is 14.7. The molecule has 1 aromatic carbocycles. The zero-order chi connectivity index (χ0) is 17.4. The number of nitrogens with one attached hydrogen (secondary N) is 2. The molecule has 8 nitrogen and oxygen atoms in total. The number of H-pyrrole nitrogens is 1. The van der Waals surface area contributed by atoms with Crippen LogP contribution in [0.1, 0.15) is 22.1 Å². The first-order valence-electron chi connectivity index (χ1n) is 7.71. The van der Waals surface area contributed by atoms with Crippen molar-refractivity contribution in [2.45, 2.75) is 13.3 Å². The van der Waals surface area contributed by atoms with Crippen LogP contribution in [0.15, 0.2) is 30.5 Å². The molecule has 0 spiro atoms. The number of hydrogen-bond donors (Lipinski definition) is 2. The predicted molar refractivity (Wildman–Crippen MR) is 87.6 cm³/mol. The van der Waals surface area contributed by atoms with Gasteiger partial charge in [0.05, 0.1) is 11.0 Å². The van der Waals surface area contributed by atoms with Crippen molar-refractivity contribution in [1.29, 1.82) is 0 Å². The lowest BCUT2D eigenvalue weighted by molar-refractivity contribution is 0.0944. The molecule has 0 saturated carbocycles. The Morgan fingerprint density at radius 3 is 3.04 bits per heavy atom. The van der Waals surface area contributed by atoms with E-state index in [9.17, 15) is 9.18 Å². The van der Waals surface area contributed by atoms with Crippen LogP contribution in [0.2, 0.25) is 0 Å². The summed E-state index contributed by atoms with van der Waals surface area (Å²) in [5.41, 5.74) is 2.15. The topological polar surface area (TPSA) is 101 Å². The third-order valence-electron chi connectivity index (χ3n) is 3.77. The maximum Gasteiger partial charge on any atom is 0.291 e. The Morgan fingerprint density at radius 2 is 2.20 bits per heavy atom. The number of aryl methyl sites for hydroxylation is 1. The van der Waals surface area contributed by atoms with Crippen molar-refractivity contribution >= 4 is 22.7 Å². The minimum absolute atomic E-state index is 0.0634. The van der Waals surface area contributed by atoms with Crippen LogP contribution in [-0.4, -0.2) is 42.0 Å². The largest absolute Gasteiger partial charge is 0.349 e. The van der Waals surface area contributed by atoms with E-state index in [0.717, 1.165) is 5.69 Å². The average Bonchev–Trinajstić information content (AvgIpc) is 3.18. The number of rotatable bonds is 4. The fourth-order valence-electron chi connectivity index (χ4n) is 2.53. The van der Waals surface area contributed by atoms with Gasteiger partial charge in [-0.2, -0.15) is 4.98 Å². The van der Waals surface area contributed by atoms with Crippen LogP contribution >= 0.6 is 0 Å². The van der Waals surface area contributed by atoms with E-state index in [1.54, 1.807) is 18.3 Å². The van der Waals surface area contributed by atoms with E-state index in [4.69, 9.17) is 0 Å². The van der Waals surface area contributed by atoms with Gasteiger partial charge in [-0.25, -0.2) is 18.9 Å². The number of carbonyl (C=O) groups is 1. The zero-order valence-electron chi connectivity index (χ0n) is 13.3. The van der Waals surface area contributed by atoms with Crippen LogP contribution in [0.25, 0.3) is 16.8 Å². The highest BCUT2D eigenvalue weighted by Crippen LogP contribution is 2.13. The molecule has 4 rings (SSSR count). The highest BCUT2D eigenvalue weighted by molar-refractivity contribution is 5.90.